The molecule has 0 fully saturated rings. The van der Waals surface area contributed by atoms with E-state index in [0.29, 0.717) is 0 Å². The SMILES string of the molecule is Cc1cccc[c]1[Sn]=[O]. The molecule has 45 valence electrons. The van der Waals surface area contributed by atoms with E-state index in [9.17, 15) is 3.08 Å². The van der Waals surface area contributed by atoms with Gasteiger partial charge in [-0.1, -0.05) is 0 Å². The van der Waals surface area contributed by atoms with E-state index in [1.165, 1.54) is 5.56 Å². The molecule has 0 heterocycles. The maximum atomic E-state index is 10.5. The molecule has 0 amide bonds. The summed E-state index contributed by atoms with van der Waals surface area (Å²) in [7, 11) is 0. The third kappa shape index (κ3) is 1.61. The second-order valence-electron chi connectivity index (χ2n) is 1.92. The Hall–Kier alpha value is -0.181. The van der Waals surface area contributed by atoms with Crippen LogP contribution in [0.2, 0.25) is 0 Å². The van der Waals surface area contributed by atoms with Crippen molar-refractivity contribution in [3.8, 4) is 0 Å². The third-order valence-electron chi connectivity index (χ3n) is 1.26. The summed E-state index contributed by atoms with van der Waals surface area (Å²) >= 11 is -1.43. The summed E-state index contributed by atoms with van der Waals surface area (Å²) in [6.07, 6.45) is 0. The van der Waals surface area contributed by atoms with Crippen LogP contribution in [-0.4, -0.2) is 21.1 Å². The van der Waals surface area contributed by atoms with E-state index in [-0.39, 0.29) is 0 Å². The number of benzene rings is 1. The number of rotatable bonds is 1. The predicted octanol–water partition coefficient (Wildman–Crippen LogP) is 0.670. The number of aryl methyl sites for hydroxylation is 1. The summed E-state index contributed by atoms with van der Waals surface area (Å²) in [5, 5.41) is 0. The van der Waals surface area contributed by atoms with Crippen LogP contribution in [0.25, 0.3) is 0 Å². The molecule has 0 bridgehead atoms. The minimum atomic E-state index is -1.43. The number of hydrogen-bond acceptors (Lipinski definition) is 1. The molecule has 1 aromatic carbocycles. The first-order chi connectivity index (χ1) is 4.34. The van der Waals surface area contributed by atoms with Crippen LogP contribution in [0.4, 0.5) is 0 Å². The molecule has 1 aromatic rings. The standard InChI is InChI=1S/C7H7.O.Sn/c1-7-5-3-2-4-6-7;;/h2-5H,1H3;;. The monoisotopic (exact) mass is 227 g/mol. The van der Waals surface area contributed by atoms with Gasteiger partial charge in [0.05, 0.1) is 0 Å². The van der Waals surface area contributed by atoms with Gasteiger partial charge < -0.3 is 0 Å². The fourth-order valence-corrected chi connectivity index (χ4v) is 1.85. The quantitative estimate of drug-likeness (QED) is 0.643. The van der Waals surface area contributed by atoms with Crippen molar-refractivity contribution in [1.82, 2.24) is 0 Å². The summed E-state index contributed by atoms with van der Waals surface area (Å²) in [5.74, 6) is 0. The van der Waals surface area contributed by atoms with Gasteiger partial charge in [-0.05, 0) is 0 Å². The van der Waals surface area contributed by atoms with Crippen LogP contribution in [0.3, 0.4) is 0 Å². The summed E-state index contributed by atoms with van der Waals surface area (Å²) in [6, 6.07) is 7.83. The Morgan fingerprint density at radius 1 is 1.33 bits per heavy atom. The van der Waals surface area contributed by atoms with Crippen LogP contribution in [0.5, 0.6) is 0 Å². The van der Waals surface area contributed by atoms with Crippen molar-refractivity contribution in [1.29, 1.82) is 0 Å². The molecule has 0 aliphatic heterocycles. The zero-order chi connectivity index (χ0) is 6.69. The Balaban J connectivity index is 3.15. The van der Waals surface area contributed by atoms with Crippen LogP contribution in [0.1, 0.15) is 5.56 Å². The van der Waals surface area contributed by atoms with Gasteiger partial charge in [-0.15, -0.1) is 0 Å². The molecule has 0 saturated heterocycles. The van der Waals surface area contributed by atoms with Gasteiger partial charge in [-0.2, -0.15) is 0 Å². The zero-order valence-corrected chi connectivity index (χ0v) is 8.07. The van der Waals surface area contributed by atoms with Crippen molar-refractivity contribution in [3.05, 3.63) is 29.8 Å². The molecular weight excluding hydrogens is 219 g/mol. The van der Waals surface area contributed by atoms with Crippen molar-refractivity contribution in [2.75, 3.05) is 0 Å². The molecule has 0 N–H and O–H groups in total. The van der Waals surface area contributed by atoms with Gasteiger partial charge in [0.15, 0.2) is 0 Å². The second kappa shape index (κ2) is 3.11. The van der Waals surface area contributed by atoms with Crippen LogP contribution in [0, 0.1) is 6.92 Å². The van der Waals surface area contributed by atoms with E-state index in [2.05, 4.69) is 0 Å². The zero-order valence-electron chi connectivity index (χ0n) is 5.22. The summed E-state index contributed by atoms with van der Waals surface area (Å²) in [6.45, 7) is 1.99. The summed E-state index contributed by atoms with van der Waals surface area (Å²) < 4.78 is 11.6. The fraction of sp³-hybridized carbons (Fsp3) is 0.143. The van der Waals surface area contributed by atoms with E-state index in [1.54, 1.807) is 0 Å². The van der Waals surface area contributed by atoms with Gasteiger partial charge in [0.2, 0.25) is 0 Å². The molecule has 1 radical (unpaired) electrons. The van der Waals surface area contributed by atoms with Crippen molar-refractivity contribution in [3.63, 3.8) is 0 Å². The molecule has 0 saturated carbocycles. The molecule has 1 rings (SSSR count). The first kappa shape index (κ1) is 6.93. The van der Waals surface area contributed by atoms with Crippen molar-refractivity contribution in [2.24, 2.45) is 0 Å². The average Bonchev–Trinajstić information content (AvgIpc) is 1.89. The Labute approximate surface area is 64.7 Å². The Morgan fingerprint density at radius 2 is 2.00 bits per heavy atom. The van der Waals surface area contributed by atoms with E-state index >= 15 is 0 Å². The molecule has 1 nitrogen and oxygen atoms in total. The predicted molar refractivity (Wildman–Crippen MR) is 37.3 cm³/mol. The van der Waals surface area contributed by atoms with Crippen molar-refractivity contribution in [2.45, 2.75) is 6.92 Å². The van der Waals surface area contributed by atoms with Gasteiger partial charge in [-0.3, -0.25) is 0 Å². The van der Waals surface area contributed by atoms with Crippen molar-refractivity contribution < 1.29 is 3.08 Å². The van der Waals surface area contributed by atoms with Crippen LogP contribution in [0.15, 0.2) is 24.3 Å². The molecule has 0 atom stereocenters. The first-order valence-electron chi connectivity index (χ1n) is 2.78. The normalized spacial score (nSPS) is 9.00. The van der Waals surface area contributed by atoms with E-state index in [4.69, 9.17) is 0 Å². The first-order valence-corrected chi connectivity index (χ1v) is 5.37. The van der Waals surface area contributed by atoms with E-state index in [1.807, 2.05) is 31.2 Å². The van der Waals surface area contributed by atoms with Crippen molar-refractivity contribution >= 4 is 24.7 Å². The van der Waals surface area contributed by atoms with E-state index in [0.717, 1.165) is 3.58 Å². The molecule has 0 aromatic heterocycles. The topological polar surface area (TPSA) is 17.1 Å². The van der Waals surface area contributed by atoms with Crippen LogP contribution >= 0.6 is 0 Å². The summed E-state index contributed by atoms with van der Waals surface area (Å²) in [5.41, 5.74) is 1.17. The molecule has 9 heavy (non-hydrogen) atoms. The third-order valence-corrected chi connectivity index (χ3v) is 3.48. The van der Waals surface area contributed by atoms with Gasteiger partial charge in [0, 0.05) is 0 Å². The molecule has 0 aliphatic carbocycles. The summed E-state index contributed by atoms with van der Waals surface area (Å²) in [4.78, 5) is 0. The van der Waals surface area contributed by atoms with Gasteiger partial charge in [-0.25, -0.2) is 0 Å². The van der Waals surface area contributed by atoms with Crippen LogP contribution in [-0.2, 0) is 3.08 Å². The minimum absolute atomic E-state index is 1.07. The van der Waals surface area contributed by atoms with Gasteiger partial charge in [0.25, 0.3) is 0 Å². The molecular formula is C7H7OSn. The Morgan fingerprint density at radius 3 is 2.44 bits per heavy atom. The molecule has 0 spiro atoms. The van der Waals surface area contributed by atoms with Crippen LogP contribution < -0.4 is 3.58 Å². The Kier molecular flexibility index (Phi) is 2.39. The van der Waals surface area contributed by atoms with Gasteiger partial charge >= 0.3 is 64.5 Å². The number of hydrogen-bond donors (Lipinski definition) is 0. The Bertz CT molecular complexity index is 220. The van der Waals surface area contributed by atoms with E-state index < -0.39 is 21.1 Å². The second-order valence-corrected chi connectivity index (χ2v) is 4.04. The average molecular weight is 226 g/mol. The molecule has 0 aliphatic rings. The molecule has 2 heteroatoms. The maximum absolute atomic E-state index is 10.5. The molecule has 0 unspecified atom stereocenters. The van der Waals surface area contributed by atoms with Gasteiger partial charge in [0.1, 0.15) is 0 Å². The fourth-order valence-electron chi connectivity index (χ4n) is 0.687.